The summed E-state index contributed by atoms with van der Waals surface area (Å²) in [4.78, 5) is 0. The normalized spacial score (nSPS) is 14.9. The molecular formula is C7H13Cl. The zero-order valence-electron chi connectivity index (χ0n) is 5.52. The molecule has 0 rings (SSSR count). The molecule has 0 fully saturated rings. The molecule has 48 valence electrons. The van der Waals surface area contributed by atoms with Crippen molar-refractivity contribution in [3.8, 4) is 0 Å². The minimum atomic E-state index is 0.290. The van der Waals surface area contributed by atoms with Crippen molar-refractivity contribution in [2.45, 2.75) is 32.1 Å². The van der Waals surface area contributed by atoms with Crippen molar-refractivity contribution in [1.29, 1.82) is 0 Å². The Morgan fingerprint density at radius 3 is 2.50 bits per heavy atom. The van der Waals surface area contributed by atoms with E-state index in [0.717, 1.165) is 12.8 Å². The maximum atomic E-state index is 5.66. The number of rotatable bonds is 3. The highest BCUT2D eigenvalue weighted by molar-refractivity contribution is 6.20. The molecule has 0 aliphatic heterocycles. The Labute approximate surface area is 56.5 Å². The van der Waals surface area contributed by atoms with E-state index in [1.165, 1.54) is 0 Å². The maximum absolute atomic E-state index is 5.66. The molecule has 0 radical (unpaired) electrons. The van der Waals surface area contributed by atoms with Gasteiger partial charge >= 0.3 is 0 Å². The predicted octanol–water partition coefficient (Wildman–Crippen LogP) is 2.97. The molecule has 0 heterocycles. The molecule has 1 atom stereocenters. The van der Waals surface area contributed by atoms with Crippen LogP contribution in [0.4, 0.5) is 0 Å². The largest absolute Gasteiger partial charge is 0.123 e. The minimum Gasteiger partial charge on any atom is -0.123 e. The smallest absolute Gasteiger partial charge is 0.0342 e. The van der Waals surface area contributed by atoms with Crippen molar-refractivity contribution in [2.75, 3.05) is 0 Å². The molecule has 0 aliphatic rings. The monoisotopic (exact) mass is 132 g/mol. The second-order valence-corrected chi connectivity index (χ2v) is 2.64. The topological polar surface area (TPSA) is 0 Å². The Balaban J connectivity index is 3.03. The van der Waals surface area contributed by atoms with Crippen molar-refractivity contribution in [1.82, 2.24) is 0 Å². The van der Waals surface area contributed by atoms with E-state index in [0.29, 0.717) is 0 Å². The Kier molecular flexibility index (Phi) is 5.19. The van der Waals surface area contributed by atoms with Crippen LogP contribution in [0, 0.1) is 0 Å². The molecular weight excluding hydrogens is 120 g/mol. The van der Waals surface area contributed by atoms with E-state index >= 15 is 0 Å². The van der Waals surface area contributed by atoms with Crippen molar-refractivity contribution in [3.63, 3.8) is 0 Å². The van der Waals surface area contributed by atoms with E-state index in [-0.39, 0.29) is 5.38 Å². The van der Waals surface area contributed by atoms with Crippen LogP contribution >= 0.6 is 11.6 Å². The van der Waals surface area contributed by atoms with Crippen molar-refractivity contribution >= 4 is 11.6 Å². The van der Waals surface area contributed by atoms with Gasteiger partial charge in [0, 0.05) is 5.38 Å². The lowest BCUT2D eigenvalue weighted by molar-refractivity contribution is 0.961. The Bertz CT molecular complexity index is 64.8. The van der Waals surface area contributed by atoms with E-state index < -0.39 is 0 Å². The number of halogens is 1. The molecule has 0 spiro atoms. The van der Waals surface area contributed by atoms with Crippen molar-refractivity contribution in [2.24, 2.45) is 0 Å². The first-order chi connectivity index (χ1) is 3.77. The highest BCUT2D eigenvalue weighted by Crippen LogP contribution is 2.00. The van der Waals surface area contributed by atoms with Gasteiger partial charge in [-0.1, -0.05) is 19.1 Å². The van der Waals surface area contributed by atoms with Crippen molar-refractivity contribution < 1.29 is 0 Å². The number of alkyl halides is 1. The van der Waals surface area contributed by atoms with Crippen LogP contribution in [-0.4, -0.2) is 5.38 Å². The first-order valence-corrected chi connectivity index (χ1v) is 3.50. The van der Waals surface area contributed by atoms with E-state index in [9.17, 15) is 0 Å². The molecule has 0 N–H and O–H groups in total. The Hall–Kier alpha value is 0.0300. The average Bonchev–Trinajstić information content (AvgIpc) is 1.66. The van der Waals surface area contributed by atoms with Gasteiger partial charge in [0.05, 0.1) is 0 Å². The van der Waals surface area contributed by atoms with Crippen LogP contribution in [0.2, 0.25) is 0 Å². The lowest BCUT2D eigenvalue weighted by Crippen LogP contribution is -1.84. The quantitative estimate of drug-likeness (QED) is 0.409. The summed E-state index contributed by atoms with van der Waals surface area (Å²) in [7, 11) is 0. The molecule has 0 saturated heterocycles. The van der Waals surface area contributed by atoms with Crippen LogP contribution < -0.4 is 0 Å². The van der Waals surface area contributed by atoms with E-state index in [2.05, 4.69) is 19.1 Å². The molecule has 1 unspecified atom stereocenters. The van der Waals surface area contributed by atoms with Gasteiger partial charge in [-0.3, -0.25) is 0 Å². The van der Waals surface area contributed by atoms with Crippen molar-refractivity contribution in [3.05, 3.63) is 12.2 Å². The summed E-state index contributed by atoms with van der Waals surface area (Å²) < 4.78 is 0. The second kappa shape index (κ2) is 5.17. The van der Waals surface area contributed by atoms with Crippen LogP contribution in [0.15, 0.2) is 12.2 Å². The van der Waals surface area contributed by atoms with Gasteiger partial charge in [0.25, 0.3) is 0 Å². The molecule has 0 aromatic rings. The SMILES string of the molecule is CC/C=C\CC(C)Cl. The summed E-state index contributed by atoms with van der Waals surface area (Å²) in [6, 6.07) is 0. The van der Waals surface area contributed by atoms with Gasteiger partial charge in [0.2, 0.25) is 0 Å². The zero-order valence-corrected chi connectivity index (χ0v) is 6.28. The van der Waals surface area contributed by atoms with Gasteiger partial charge in [-0.15, -0.1) is 11.6 Å². The number of hydrogen-bond acceptors (Lipinski definition) is 0. The molecule has 0 aromatic carbocycles. The highest BCUT2D eigenvalue weighted by Gasteiger charge is 1.87. The van der Waals surface area contributed by atoms with Crippen LogP contribution in [0.25, 0.3) is 0 Å². The lowest BCUT2D eigenvalue weighted by Gasteiger charge is -1.92. The molecule has 0 nitrogen and oxygen atoms in total. The maximum Gasteiger partial charge on any atom is 0.0342 e. The number of allylic oxidation sites excluding steroid dienone is 2. The van der Waals surface area contributed by atoms with Gasteiger partial charge in [0.1, 0.15) is 0 Å². The van der Waals surface area contributed by atoms with E-state index in [1.54, 1.807) is 0 Å². The summed E-state index contributed by atoms with van der Waals surface area (Å²) in [6.07, 6.45) is 6.37. The molecule has 1 heteroatoms. The fraction of sp³-hybridized carbons (Fsp3) is 0.714. The van der Waals surface area contributed by atoms with Gasteiger partial charge in [-0.05, 0) is 19.8 Å². The summed E-state index contributed by atoms with van der Waals surface area (Å²) in [5.41, 5.74) is 0. The molecule has 0 aromatic heterocycles. The summed E-state index contributed by atoms with van der Waals surface area (Å²) in [5, 5.41) is 0.290. The van der Waals surface area contributed by atoms with Gasteiger partial charge in [-0.2, -0.15) is 0 Å². The first kappa shape index (κ1) is 8.03. The lowest BCUT2D eigenvalue weighted by atomic mass is 10.3. The summed E-state index contributed by atoms with van der Waals surface area (Å²) in [6.45, 7) is 4.12. The van der Waals surface area contributed by atoms with E-state index in [1.807, 2.05) is 6.92 Å². The summed E-state index contributed by atoms with van der Waals surface area (Å²) in [5.74, 6) is 0. The van der Waals surface area contributed by atoms with Crippen LogP contribution in [0.1, 0.15) is 26.7 Å². The molecule has 0 bridgehead atoms. The third-order valence-corrected chi connectivity index (χ3v) is 1.04. The molecule has 0 saturated carbocycles. The zero-order chi connectivity index (χ0) is 6.41. The first-order valence-electron chi connectivity index (χ1n) is 3.06. The van der Waals surface area contributed by atoms with Crippen LogP contribution in [0.5, 0.6) is 0 Å². The predicted molar refractivity (Wildman–Crippen MR) is 39.4 cm³/mol. The third-order valence-electron chi connectivity index (χ3n) is 0.863. The fourth-order valence-electron chi connectivity index (χ4n) is 0.450. The minimum absolute atomic E-state index is 0.290. The third kappa shape index (κ3) is 6.03. The highest BCUT2D eigenvalue weighted by atomic mass is 35.5. The van der Waals surface area contributed by atoms with Crippen LogP contribution in [-0.2, 0) is 0 Å². The fourth-order valence-corrected chi connectivity index (χ4v) is 0.553. The molecule has 0 aliphatic carbocycles. The summed E-state index contributed by atoms with van der Waals surface area (Å²) >= 11 is 5.66. The number of hydrogen-bond donors (Lipinski definition) is 0. The molecule has 0 amide bonds. The molecule has 8 heavy (non-hydrogen) atoms. The average molecular weight is 133 g/mol. The standard InChI is InChI=1S/C7H13Cl/c1-3-4-5-6-7(2)8/h4-5,7H,3,6H2,1-2H3/b5-4-. The van der Waals surface area contributed by atoms with Crippen LogP contribution in [0.3, 0.4) is 0 Å². The Morgan fingerprint density at radius 1 is 1.50 bits per heavy atom. The second-order valence-electron chi connectivity index (χ2n) is 1.90. The van der Waals surface area contributed by atoms with Gasteiger partial charge < -0.3 is 0 Å². The van der Waals surface area contributed by atoms with Gasteiger partial charge in [0.15, 0.2) is 0 Å². The van der Waals surface area contributed by atoms with Gasteiger partial charge in [-0.25, -0.2) is 0 Å². The van der Waals surface area contributed by atoms with E-state index in [4.69, 9.17) is 11.6 Å². The Morgan fingerprint density at radius 2 is 2.12 bits per heavy atom.